The highest BCUT2D eigenvalue weighted by Gasteiger charge is 2.49. The number of nitrogens with one attached hydrogen (secondary N) is 1. The maximum Gasteiger partial charge on any atom is 0.00879 e. The van der Waals surface area contributed by atoms with Crippen LogP contribution in [0.3, 0.4) is 0 Å². The molecule has 0 atom stereocenters. The topological polar surface area (TPSA) is 12.0 Å². The summed E-state index contributed by atoms with van der Waals surface area (Å²) in [6.07, 6.45) is 3.82. The van der Waals surface area contributed by atoms with E-state index in [9.17, 15) is 0 Å². The highest BCUT2D eigenvalue weighted by atomic mass is 14.9. The van der Waals surface area contributed by atoms with E-state index < -0.39 is 0 Å². The molecule has 1 fully saturated rings. The van der Waals surface area contributed by atoms with E-state index in [2.05, 4.69) is 64.2 Å². The molecule has 112 valence electrons. The first-order chi connectivity index (χ1) is 9.38. The molecule has 1 aromatic carbocycles. The molecule has 0 saturated heterocycles. The van der Waals surface area contributed by atoms with Gasteiger partial charge in [-0.05, 0) is 48.3 Å². The Kier molecular flexibility index (Phi) is 4.59. The van der Waals surface area contributed by atoms with Crippen LogP contribution in [0.1, 0.15) is 70.9 Å². The van der Waals surface area contributed by atoms with Gasteiger partial charge < -0.3 is 5.32 Å². The van der Waals surface area contributed by atoms with E-state index >= 15 is 0 Å². The molecule has 1 saturated carbocycles. The number of hydrogen-bond acceptors (Lipinski definition) is 1. The second-order valence-electron chi connectivity index (χ2n) is 7.75. The zero-order valence-electron chi connectivity index (χ0n) is 13.9. The van der Waals surface area contributed by atoms with E-state index in [0.717, 1.165) is 13.1 Å². The summed E-state index contributed by atoms with van der Waals surface area (Å²) in [5.41, 5.74) is 3.85. The second kappa shape index (κ2) is 5.89. The third-order valence-corrected chi connectivity index (χ3v) is 4.71. The lowest BCUT2D eigenvalue weighted by molar-refractivity contribution is 0.0564. The first-order valence-electron chi connectivity index (χ1n) is 8.20. The van der Waals surface area contributed by atoms with Crippen molar-refractivity contribution >= 4 is 0 Å². The predicted octanol–water partition coefficient (Wildman–Crippen LogP) is 4.87. The first-order valence-corrected chi connectivity index (χ1v) is 8.20. The average molecular weight is 273 g/mol. The lowest BCUT2D eigenvalue weighted by atomic mass is 9.52. The van der Waals surface area contributed by atoms with Crippen LogP contribution in [0.4, 0.5) is 0 Å². The minimum Gasteiger partial charge on any atom is -0.316 e. The molecule has 1 N–H and O–H groups in total. The zero-order chi connectivity index (χ0) is 14.8. The largest absolute Gasteiger partial charge is 0.316 e. The number of hydrogen-bond donors (Lipinski definition) is 1. The standard InChI is InChI=1S/C19H31N/c1-6-11-20-14-19(12-18(4,5)13-19)17-9-7-16(8-10-17)15(2)3/h7-10,15,20H,6,11-14H2,1-5H3. The Morgan fingerprint density at radius 2 is 1.70 bits per heavy atom. The first kappa shape index (κ1) is 15.6. The molecule has 1 aromatic rings. The summed E-state index contributed by atoms with van der Waals surface area (Å²) in [4.78, 5) is 0. The average Bonchev–Trinajstić information content (AvgIpc) is 2.36. The van der Waals surface area contributed by atoms with Gasteiger partial charge in [-0.25, -0.2) is 0 Å². The van der Waals surface area contributed by atoms with Gasteiger partial charge in [-0.2, -0.15) is 0 Å². The summed E-state index contributed by atoms with van der Waals surface area (Å²) in [7, 11) is 0. The molecule has 0 unspecified atom stereocenters. The maximum absolute atomic E-state index is 3.65. The minimum absolute atomic E-state index is 0.369. The highest BCUT2D eigenvalue weighted by Crippen LogP contribution is 2.55. The van der Waals surface area contributed by atoms with Crippen molar-refractivity contribution in [1.82, 2.24) is 5.32 Å². The normalized spacial score (nSPS) is 19.9. The molecule has 0 radical (unpaired) electrons. The lowest BCUT2D eigenvalue weighted by Gasteiger charge is -2.54. The molecule has 20 heavy (non-hydrogen) atoms. The van der Waals surface area contributed by atoms with Crippen LogP contribution in [0.2, 0.25) is 0 Å². The quantitative estimate of drug-likeness (QED) is 0.729. The van der Waals surface area contributed by atoms with Crippen LogP contribution >= 0.6 is 0 Å². The second-order valence-corrected chi connectivity index (χ2v) is 7.75. The van der Waals surface area contributed by atoms with Crippen LogP contribution in [-0.2, 0) is 5.41 Å². The van der Waals surface area contributed by atoms with E-state index in [1.165, 1.54) is 30.4 Å². The minimum atomic E-state index is 0.369. The van der Waals surface area contributed by atoms with Crippen LogP contribution in [-0.4, -0.2) is 13.1 Å². The fraction of sp³-hybridized carbons (Fsp3) is 0.684. The van der Waals surface area contributed by atoms with Gasteiger partial charge >= 0.3 is 0 Å². The summed E-state index contributed by atoms with van der Waals surface area (Å²) in [5, 5.41) is 3.65. The Labute approximate surface area is 125 Å². The summed E-state index contributed by atoms with van der Waals surface area (Å²) in [6.45, 7) is 13.8. The Bertz CT molecular complexity index is 420. The Morgan fingerprint density at radius 1 is 1.10 bits per heavy atom. The van der Waals surface area contributed by atoms with Crippen molar-refractivity contribution in [2.24, 2.45) is 5.41 Å². The number of rotatable bonds is 6. The van der Waals surface area contributed by atoms with Crippen molar-refractivity contribution in [3.05, 3.63) is 35.4 Å². The van der Waals surface area contributed by atoms with Crippen molar-refractivity contribution < 1.29 is 0 Å². The van der Waals surface area contributed by atoms with E-state index in [4.69, 9.17) is 0 Å². The monoisotopic (exact) mass is 273 g/mol. The van der Waals surface area contributed by atoms with Crippen molar-refractivity contribution in [2.45, 2.75) is 65.2 Å². The van der Waals surface area contributed by atoms with E-state index in [0.29, 0.717) is 16.7 Å². The molecule has 0 bridgehead atoms. The van der Waals surface area contributed by atoms with E-state index in [1.54, 1.807) is 0 Å². The molecule has 0 amide bonds. The molecule has 1 aliphatic carbocycles. The molecule has 0 heterocycles. The zero-order valence-corrected chi connectivity index (χ0v) is 13.9. The highest BCUT2D eigenvalue weighted by molar-refractivity contribution is 5.34. The van der Waals surface area contributed by atoms with Crippen LogP contribution in [0.5, 0.6) is 0 Å². The van der Waals surface area contributed by atoms with Gasteiger partial charge in [-0.1, -0.05) is 58.9 Å². The smallest absolute Gasteiger partial charge is 0.00879 e. The third-order valence-electron chi connectivity index (χ3n) is 4.71. The van der Waals surface area contributed by atoms with Gasteiger partial charge in [0.2, 0.25) is 0 Å². The number of benzene rings is 1. The van der Waals surface area contributed by atoms with Gasteiger partial charge in [0.1, 0.15) is 0 Å². The molecule has 0 aromatic heterocycles. The summed E-state index contributed by atoms with van der Waals surface area (Å²) in [5.74, 6) is 0.621. The van der Waals surface area contributed by atoms with Gasteiger partial charge in [-0.3, -0.25) is 0 Å². The molecule has 0 aliphatic heterocycles. The third kappa shape index (κ3) is 3.25. The molecule has 0 spiro atoms. The van der Waals surface area contributed by atoms with Crippen LogP contribution in [0.25, 0.3) is 0 Å². The molecule has 1 nitrogen and oxygen atoms in total. The molecular formula is C19H31N. The Hall–Kier alpha value is -0.820. The fourth-order valence-electron chi connectivity index (χ4n) is 3.94. The van der Waals surface area contributed by atoms with Crippen molar-refractivity contribution in [2.75, 3.05) is 13.1 Å². The molecule has 2 rings (SSSR count). The van der Waals surface area contributed by atoms with Crippen molar-refractivity contribution in [1.29, 1.82) is 0 Å². The van der Waals surface area contributed by atoms with Gasteiger partial charge in [0.05, 0.1) is 0 Å². The Morgan fingerprint density at radius 3 is 2.15 bits per heavy atom. The van der Waals surface area contributed by atoms with Gasteiger partial charge in [0, 0.05) is 12.0 Å². The van der Waals surface area contributed by atoms with Gasteiger partial charge in [-0.15, -0.1) is 0 Å². The fourth-order valence-corrected chi connectivity index (χ4v) is 3.94. The molecule has 1 aliphatic rings. The van der Waals surface area contributed by atoms with Crippen molar-refractivity contribution in [3.8, 4) is 0 Å². The summed E-state index contributed by atoms with van der Waals surface area (Å²) in [6, 6.07) is 9.40. The van der Waals surface area contributed by atoms with Gasteiger partial charge in [0.15, 0.2) is 0 Å². The van der Waals surface area contributed by atoms with Crippen molar-refractivity contribution in [3.63, 3.8) is 0 Å². The van der Waals surface area contributed by atoms with Gasteiger partial charge in [0.25, 0.3) is 0 Å². The maximum atomic E-state index is 3.65. The van der Waals surface area contributed by atoms with E-state index in [1.807, 2.05) is 0 Å². The predicted molar refractivity (Wildman–Crippen MR) is 88.4 cm³/mol. The van der Waals surface area contributed by atoms with Crippen LogP contribution in [0, 0.1) is 5.41 Å². The summed E-state index contributed by atoms with van der Waals surface area (Å²) >= 11 is 0. The molecular weight excluding hydrogens is 242 g/mol. The SMILES string of the molecule is CCCNCC1(c2ccc(C(C)C)cc2)CC(C)(C)C1. The van der Waals surface area contributed by atoms with Crippen LogP contribution < -0.4 is 5.32 Å². The van der Waals surface area contributed by atoms with E-state index in [-0.39, 0.29) is 0 Å². The summed E-state index contributed by atoms with van der Waals surface area (Å²) < 4.78 is 0. The molecule has 1 heteroatoms. The lowest BCUT2D eigenvalue weighted by Crippen LogP contribution is -2.52. The van der Waals surface area contributed by atoms with Crippen LogP contribution in [0.15, 0.2) is 24.3 Å². The Balaban J connectivity index is 2.15.